The average molecular weight is 229 g/mol. The largest absolute Gasteiger partial charge is 0.382 e. The minimum absolute atomic E-state index is 0.480. The Labute approximate surface area is 99.5 Å². The molecule has 0 atom stereocenters. The van der Waals surface area contributed by atoms with Gasteiger partial charge >= 0.3 is 0 Å². The molecule has 1 fully saturated rings. The van der Waals surface area contributed by atoms with Gasteiger partial charge in [0.05, 0.1) is 0 Å². The van der Waals surface area contributed by atoms with Gasteiger partial charge in [0.2, 0.25) is 0 Å². The maximum absolute atomic E-state index is 6.02. The van der Waals surface area contributed by atoms with E-state index in [0.29, 0.717) is 11.7 Å². The van der Waals surface area contributed by atoms with E-state index in [1.54, 1.807) is 12.4 Å². The van der Waals surface area contributed by atoms with Crippen molar-refractivity contribution in [1.29, 1.82) is 0 Å². The van der Waals surface area contributed by atoms with Crippen molar-refractivity contribution in [2.75, 3.05) is 11.6 Å². The van der Waals surface area contributed by atoms with Crippen LogP contribution in [0.3, 0.4) is 0 Å². The van der Waals surface area contributed by atoms with Gasteiger partial charge < -0.3 is 11.6 Å². The Balaban J connectivity index is 2.15. The van der Waals surface area contributed by atoms with Gasteiger partial charge in [0.15, 0.2) is 5.82 Å². The predicted octanol–water partition coefficient (Wildman–Crippen LogP) is 1.43. The topological polar surface area (TPSA) is 82.8 Å². The van der Waals surface area contributed by atoms with Crippen molar-refractivity contribution in [2.45, 2.75) is 25.7 Å². The summed E-state index contributed by atoms with van der Waals surface area (Å²) in [5.74, 6) is 7.83. The van der Waals surface area contributed by atoms with Crippen LogP contribution in [-0.4, -0.2) is 14.6 Å². The number of anilines is 1. The Morgan fingerprint density at radius 2 is 2.18 bits per heavy atom. The van der Waals surface area contributed by atoms with E-state index in [0.717, 1.165) is 35.5 Å². The van der Waals surface area contributed by atoms with Crippen LogP contribution in [0.25, 0.3) is 11.3 Å². The Kier molecular flexibility index (Phi) is 2.07. The van der Waals surface area contributed by atoms with Crippen LogP contribution in [-0.2, 0) is 0 Å². The van der Waals surface area contributed by atoms with Crippen molar-refractivity contribution in [1.82, 2.24) is 14.6 Å². The summed E-state index contributed by atoms with van der Waals surface area (Å²) in [6.07, 6.45) is 5.85. The van der Waals surface area contributed by atoms with Gasteiger partial charge in [-0.25, -0.2) is 9.66 Å². The standard InChI is InChI=1S/C12H15N5/c1-7-4-5-15-6-9(7)10-11(13)17(14)12(16-10)8-2-3-8/h4-6,8H,2-3,13-14H2,1H3. The lowest BCUT2D eigenvalue weighted by Gasteiger charge is -2.02. The third kappa shape index (κ3) is 1.54. The quantitative estimate of drug-likeness (QED) is 0.763. The van der Waals surface area contributed by atoms with E-state index in [1.165, 1.54) is 4.68 Å². The summed E-state index contributed by atoms with van der Waals surface area (Å²) < 4.78 is 1.51. The lowest BCUT2D eigenvalue weighted by atomic mass is 10.1. The highest BCUT2D eigenvalue weighted by atomic mass is 15.4. The smallest absolute Gasteiger partial charge is 0.150 e. The van der Waals surface area contributed by atoms with Crippen LogP contribution in [0.5, 0.6) is 0 Å². The number of hydrogen-bond acceptors (Lipinski definition) is 4. The van der Waals surface area contributed by atoms with E-state index in [4.69, 9.17) is 11.6 Å². The van der Waals surface area contributed by atoms with E-state index < -0.39 is 0 Å². The van der Waals surface area contributed by atoms with Crippen molar-refractivity contribution in [3.05, 3.63) is 29.8 Å². The van der Waals surface area contributed by atoms with Crippen LogP contribution in [0, 0.1) is 6.92 Å². The van der Waals surface area contributed by atoms with Crippen molar-refractivity contribution in [2.24, 2.45) is 0 Å². The number of aromatic nitrogens is 3. The van der Waals surface area contributed by atoms with Crippen molar-refractivity contribution >= 4 is 5.82 Å². The number of pyridine rings is 1. The summed E-state index contributed by atoms with van der Waals surface area (Å²) in [6.45, 7) is 2.02. The first-order valence-electron chi connectivity index (χ1n) is 5.72. The zero-order chi connectivity index (χ0) is 12.0. The maximum atomic E-state index is 6.02. The van der Waals surface area contributed by atoms with E-state index in [2.05, 4.69) is 9.97 Å². The average Bonchev–Trinajstić information content (AvgIpc) is 3.11. The van der Waals surface area contributed by atoms with Gasteiger partial charge in [-0.05, 0) is 31.4 Å². The molecule has 0 amide bonds. The molecule has 0 spiro atoms. The van der Waals surface area contributed by atoms with Gasteiger partial charge in [-0.2, -0.15) is 0 Å². The minimum Gasteiger partial charge on any atom is -0.382 e. The lowest BCUT2D eigenvalue weighted by Crippen LogP contribution is -2.14. The number of imidazole rings is 1. The molecule has 0 radical (unpaired) electrons. The summed E-state index contributed by atoms with van der Waals surface area (Å²) in [6, 6.07) is 1.95. The molecule has 5 heteroatoms. The van der Waals surface area contributed by atoms with Crippen LogP contribution >= 0.6 is 0 Å². The molecule has 0 saturated heterocycles. The second-order valence-electron chi connectivity index (χ2n) is 4.54. The van der Waals surface area contributed by atoms with E-state index in [9.17, 15) is 0 Å². The van der Waals surface area contributed by atoms with Gasteiger partial charge in [0.1, 0.15) is 11.5 Å². The first-order valence-corrected chi connectivity index (χ1v) is 5.72. The number of nitrogen functional groups attached to an aromatic ring is 2. The molecular formula is C12H15N5. The van der Waals surface area contributed by atoms with Crippen LogP contribution in [0.2, 0.25) is 0 Å². The molecule has 1 saturated carbocycles. The molecule has 17 heavy (non-hydrogen) atoms. The number of hydrogen-bond donors (Lipinski definition) is 2. The normalized spacial score (nSPS) is 15.1. The molecule has 3 rings (SSSR count). The first-order chi connectivity index (χ1) is 8.18. The molecular weight excluding hydrogens is 214 g/mol. The van der Waals surface area contributed by atoms with E-state index >= 15 is 0 Å². The van der Waals surface area contributed by atoms with Crippen LogP contribution < -0.4 is 11.6 Å². The van der Waals surface area contributed by atoms with Gasteiger partial charge in [-0.3, -0.25) is 4.98 Å². The highest BCUT2D eigenvalue weighted by Gasteiger charge is 2.30. The van der Waals surface area contributed by atoms with Crippen molar-refractivity contribution in [3.63, 3.8) is 0 Å². The van der Waals surface area contributed by atoms with Crippen molar-refractivity contribution in [3.8, 4) is 11.3 Å². The zero-order valence-corrected chi connectivity index (χ0v) is 9.72. The van der Waals surface area contributed by atoms with Crippen LogP contribution in [0.4, 0.5) is 5.82 Å². The Bertz CT molecular complexity index is 568. The third-order valence-corrected chi connectivity index (χ3v) is 3.21. The minimum atomic E-state index is 0.480. The fourth-order valence-electron chi connectivity index (χ4n) is 2.00. The molecule has 1 aliphatic carbocycles. The van der Waals surface area contributed by atoms with E-state index in [-0.39, 0.29) is 0 Å². The molecule has 88 valence electrons. The second kappa shape index (κ2) is 3.48. The van der Waals surface area contributed by atoms with Gasteiger partial charge in [0, 0.05) is 23.9 Å². The highest BCUT2D eigenvalue weighted by molar-refractivity contribution is 5.73. The van der Waals surface area contributed by atoms with Gasteiger partial charge in [-0.1, -0.05) is 0 Å². The summed E-state index contributed by atoms with van der Waals surface area (Å²) in [4.78, 5) is 8.69. The Morgan fingerprint density at radius 3 is 2.82 bits per heavy atom. The number of nitrogens with two attached hydrogens (primary N) is 2. The molecule has 0 unspecified atom stereocenters. The van der Waals surface area contributed by atoms with Crippen LogP contribution in [0.15, 0.2) is 18.5 Å². The van der Waals surface area contributed by atoms with Gasteiger partial charge in [0.25, 0.3) is 0 Å². The monoisotopic (exact) mass is 229 g/mol. The molecule has 2 aromatic rings. The van der Waals surface area contributed by atoms with Crippen LogP contribution in [0.1, 0.15) is 30.1 Å². The Morgan fingerprint density at radius 1 is 1.41 bits per heavy atom. The highest BCUT2D eigenvalue weighted by Crippen LogP contribution is 2.41. The Hall–Kier alpha value is -2.04. The first kappa shape index (κ1) is 10.1. The molecule has 4 N–H and O–H groups in total. The summed E-state index contributed by atoms with van der Waals surface area (Å²) in [5.41, 5.74) is 8.83. The third-order valence-electron chi connectivity index (χ3n) is 3.21. The van der Waals surface area contributed by atoms with Crippen molar-refractivity contribution < 1.29 is 0 Å². The molecule has 0 bridgehead atoms. The number of nitrogens with zero attached hydrogens (tertiary/aromatic N) is 3. The fraction of sp³-hybridized carbons (Fsp3) is 0.333. The molecule has 2 heterocycles. The summed E-state index contributed by atoms with van der Waals surface area (Å²) in [5, 5.41) is 0. The molecule has 5 nitrogen and oxygen atoms in total. The number of rotatable bonds is 2. The fourth-order valence-corrected chi connectivity index (χ4v) is 2.00. The second-order valence-corrected chi connectivity index (χ2v) is 4.54. The maximum Gasteiger partial charge on any atom is 0.150 e. The predicted molar refractivity (Wildman–Crippen MR) is 66.7 cm³/mol. The van der Waals surface area contributed by atoms with Gasteiger partial charge in [-0.15, -0.1) is 0 Å². The lowest BCUT2D eigenvalue weighted by molar-refractivity contribution is 0.855. The molecule has 2 aromatic heterocycles. The SMILES string of the molecule is Cc1ccncc1-c1nc(C2CC2)n(N)c1N. The van der Waals surface area contributed by atoms with E-state index in [1.807, 2.05) is 13.0 Å². The molecule has 1 aliphatic rings. The molecule has 0 aromatic carbocycles. The molecule has 0 aliphatic heterocycles. The zero-order valence-electron chi connectivity index (χ0n) is 9.72. The number of aryl methyl sites for hydroxylation is 1. The summed E-state index contributed by atoms with van der Waals surface area (Å²) in [7, 11) is 0. The summed E-state index contributed by atoms with van der Waals surface area (Å²) >= 11 is 0.